The van der Waals surface area contributed by atoms with Crippen LogP contribution in [0.4, 0.5) is 0 Å². The van der Waals surface area contributed by atoms with Gasteiger partial charge in [0.25, 0.3) is 5.91 Å². The second-order valence-electron chi connectivity index (χ2n) is 6.28. The van der Waals surface area contributed by atoms with Crippen LogP contribution in [0.2, 0.25) is 0 Å². The van der Waals surface area contributed by atoms with Crippen LogP contribution in [0, 0.1) is 13.8 Å². The zero-order valence-electron chi connectivity index (χ0n) is 15.1. The van der Waals surface area contributed by atoms with Gasteiger partial charge >= 0.3 is 0 Å². The van der Waals surface area contributed by atoms with Crippen molar-refractivity contribution in [2.75, 3.05) is 6.61 Å². The number of nitrogens with zero attached hydrogens (tertiary/aromatic N) is 3. The largest absolute Gasteiger partial charge is 0.484 e. The van der Waals surface area contributed by atoms with E-state index in [4.69, 9.17) is 4.74 Å². The van der Waals surface area contributed by atoms with Crippen molar-refractivity contribution in [3.05, 3.63) is 71.8 Å². The third kappa shape index (κ3) is 4.27. The smallest absolute Gasteiger partial charge is 0.258 e. The van der Waals surface area contributed by atoms with Crippen LogP contribution in [0.25, 0.3) is 5.69 Å². The minimum Gasteiger partial charge on any atom is -0.484 e. The molecule has 6 heteroatoms. The Bertz CT molecular complexity index is 873. The van der Waals surface area contributed by atoms with Crippen LogP contribution >= 0.6 is 0 Å². The number of carbonyl (C=O) groups is 1. The lowest BCUT2D eigenvalue weighted by Crippen LogP contribution is -2.31. The molecular formula is C20H22N4O2. The first kappa shape index (κ1) is 17.7. The third-order valence-electron chi connectivity index (χ3n) is 4.14. The Morgan fingerprint density at radius 1 is 1.19 bits per heavy atom. The lowest BCUT2D eigenvalue weighted by Gasteiger charge is -2.16. The molecule has 0 radical (unpaired) electrons. The van der Waals surface area contributed by atoms with E-state index in [2.05, 4.69) is 15.4 Å². The van der Waals surface area contributed by atoms with Crippen LogP contribution < -0.4 is 10.1 Å². The van der Waals surface area contributed by atoms with Gasteiger partial charge in [-0.2, -0.15) is 5.10 Å². The molecule has 0 aliphatic carbocycles. The number of aryl methyl sites for hydroxylation is 2. The van der Waals surface area contributed by atoms with Gasteiger partial charge < -0.3 is 10.1 Å². The highest BCUT2D eigenvalue weighted by Gasteiger charge is 2.11. The minimum atomic E-state index is -0.155. The van der Waals surface area contributed by atoms with Crippen molar-refractivity contribution in [2.24, 2.45) is 0 Å². The number of hydrogen-bond donors (Lipinski definition) is 1. The monoisotopic (exact) mass is 350 g/mol. The first-order chi connectivity index (χ1) is 12.5. The summed E-state index contributed by atoms with van der Waals surface area (Å²) in [6.45, 7) is 5.93. The molecule has 0 aliphatic rings. The molecule has 0 saturated heterocycles. The predicted octanol–water partition coefficient (Wildman–Crippen LogP) is 3.14. The molecule has 0 spiro atoms. The summed E-state index contributed by atoms with van der Waals surface area (Å²) in [5, 5.41) is 7.05. The average Bonchev–Trinajstić information content (AvgIpc) is 3.16. The van der Waals surface area contributed by atoms with Gasteiger partial charge in [0.1, 0.15) is 18.4 Å². The summed E-state index contributed by atoms with van der Waals surface area (Å²) in [4.78, 5) is 16.1. The molecule has 0 fully saturated rings. The highest BCUT2D eigenvalue weighted by molar-refractivity contribution is 5.78. The Hall–Kier alpha value is -3.15. The fourth-order valence-electron chi connectivity index (χ4n) is 2.73. The van der Waals surface area contributed by atoms with Gasteiger partial charge in [0.05, 0.1) is 11.7 Å². The van der Waals surface area contributed by atoms with Crippen LogP contribution in [0.1, 0.15) is 29.7 Å². The van der Waals surface area contributed by atoms with E-state index in [1.165, 1.54) is 11.9 Å². The maximum Gasteiger partial charge on any atom is 0.258 e. The quantitative estimate of drug-likeness (QED) is 0.741. The molecule has 0 aliphatic heterocycles. The fraction of sp³-hybridized carbons (Fsp3) is 0.250. The van der Waals surface area contributed by atoms with Crippen molar-refractivity contribution in [1.82, 2.24) is 20.1 Å². The molecular weight excluding hydrogens is 328 g/mol. The number of nitrogens with one attached hydrogen (secondary N) is 1. The molecule has 0 bridgehead atoms. The van der Waals surface area contributed by atoms with Crippen LogP contribution in [0.3, 0.4) is 0 Å². The number of rotatable bonds is 6. The van der Waals surface area contributed by atoms with Gasteiger partial charge in [0.2, 0.25) is 0 Å². The molecule has 2 aromatic carbocycles. The molecule has 3 aromatic rings. The molecule has 1 heterocycles. The number of hydrogen-bond acceptors (Lipinski definition) is 4. The van der Waals surface area contributed by atoms with E-state index < -0.39 is 0 Å². The lowest BCUT2D eigenvalue weighted by atomic mass is 10.1. The molecule has 3 rings (SSSR count). The highest BCUT2D eigenvalue weighted by Crippen LogP contribution is 2.19. The standard InChI is InChI=1S/C20H22N4O2/c1-14-4-9-19(15(2)10-14)26-11-20(25)23-16(3)17-5-7-18(8-6-17)24-13-21-12-22-24/h4-10,12-13,16H,11H2,1-3H3,(H,23,25)/t16-/m1/s1. The summed E-state index contributed by atoms with van der Waals surface area (Å²) >= 11 is 0. The van der Waals surface area contributed by atoms with E-state index in [-0.39, 0.29) is 18.6 Å². The van der Waals surface area contributed by atoms with Gasteiger partial charge in [0, 0.05) is 0 Å². The van der Waals surface area contributed by atoms with Crippen molar-refractivity contribution in [2.45, 2.75) is 26.8 Å². The van der Waals surface area contributed by atoms with Gasteiger partial charge in [-0.1, -0.05) is 29.8 Å². The zero-order chi connectivity index (χ0) is 18.5. The SMILES string of the molecule is Cc1ccc(OCC(=O)N[C@H](C)c2ccc(-n3cncn3)cc2)c(C)c1. The van der Waals surface area contributed by atoms with Gasteiger partial charge in [0.15, 0.2) is 6.61 Å². The molecule has 134 valence electrons. The van der Waals surface area contributed by atoms with E-state index in [1.807, 2.05) is 63.2 Å². The summed E-state index contributed by atoms with van der Waals surface area (Å²) in [5.74, 6) is 0.577. The summed E-state index contributed by atoms with van der Waals surface area (Å²) in [6, 6.07) is 13.6. The lowest BCUT2D eigenvalue weighted by molar-refractivity contribution is -0.123. The number of benzene rings is 2. The van der Waals surface area contributed by atoms with Crippen molar-refractivity contribution < 1.29 is 9.53 Å². The maximum absolute atomic E-state index is 12.2. The third-order valence-corrected chi connectivity index (χ3v) is 4.14. The highest BCUT2D eigenvalue weighted by atomic mass is 16.5. The molecule has 26 heavy (non-hydrogen) atoms. The van der Waals surface area contributed by atoms with Crippen molar-refractivity contribution in [1.29, 1.82) is 0 Å². The van der Waals surface area contributed by atoms with Gasteiger partial charge in [-0.15, -0.1) is 0 Å². The summed E-state index contributed by atoms with van der Waals surface area (Å²) < 4.78 is 7.31. The van der Waals surface area contributed by atoms with E-state index in [9.17, 15) is 4.79 Å². The van der Waals surface area contributed by atoms with Crippen molar-refractivity contribution in [3.63, 3.8) is 0 Å². The molecule has 1 N–H and O–H groups in total. The van der Waals surface area contributed by atoms with Crippen molar-refractivity contribution in [3.8, 4) is 11.4 Å². The summed E-state index contributed by atoms with van der Waals surface area (Å²) in [6.07, 6.45) is 3.14. The Kier molecular flexibility index (Phi) is 5.31. The Labute approximate surface area is 152 Å². The summed E-state index contributed by atoms with van der Waals surface area (Å²) in [5.41, 5.74) is 4.12. The topological polar surface area (TPSA) is 69.0 Å². The van der Waals surface area contributed by atoms with Crippen LogP contribution in [0.15, 0.2) is 55.1 Å². The number of ether oxygens (including phenoxy) is 1. The average molecular weight is 350 g/mol. The van der Waals surface area contributed by atoms with Crippen LogP contribution in [-0.4, -0.2) is 27.3 Å². The predicted molar refractivity (Wildman–Crippen MR) is 99.3 cm³/mol. The Balaban J connectivity index is 1.55. The van der Waals surface area contributed by atoms with E-state index in [0.29, 0.717) is 0 Å². The van der Waals surface area contributed by atoms with Gasteiger partial charge in [-0.05, 0) is 50.1 Å². The number of carbonyl (C=O) groups excluding carboxylic acids is 1. The molecule has 1 amide bonds. The number of aromatic nitrogens is 3. The molecule has 1 aromatic heterocycles. The van der Waals surface area contributed by atoms with E-state index in [1.54, 1.807) is 11.0 Å². The zero-order valence-corrected chi connectivity index (χ0v) is 15.1. The minimum absolute atomic E-state index is 0.00865. The van der Waals surface area contributed by atoms with Crippen molar-refractivity contribution >= 4 is 5.91 Å². The normalized spacial score (nSPS) is 11.8. The fourth-order valence-corrected chi connectivity index (χ4v) is 2.73. The Morgan fingerprint density at radius 3 is 2.62 bits per heavy atom. The Morgan fingerprint density at radius 2 is 1.96 bits per heavy atom. The molecule has 6 nitrogen and oxygen atoms in total. The number of amides is 1. The molecule has 0 unspecified atom stereocenters. The van der Waals surface area contributed by atoms with Gasteiger partial charge in [-0.3, -0.25) is 4.79 Å². The first-order valence-corrected chi connectivity index (χ1v) is 8.47. The molecule has 0 saturated carbocycles. The van der Waals surface area contributed by atoms with Crippen LogP contribution in [-0.2, 0) is 4.79 Å². The molecule has 1 atom stereocenters. The van der Waals surface area contributed by atoms with E-state index >= 15 is 0 Å². The van der Waals surface area contributed by atoms with Gasteiger partial charge in [-0.25, -0.2) is 9.67 Å². The maximum atomic E-state index is 12.2. The second kappa shape index (κ2) is 7.82. The summed E-state index contributed by atoms with van der Waals surface area (Å²) in [7, 11) is 0. The first-order valence-electron chi connectivity index (χ1n) is 8.47. The van der Waals surface area contributed by atoms with Crippen LogP contribution in [0.5, 0.6) is 5.75 Å². The second-order valence-corrected chi connectivity index (χ2v) is 6.28. The van der Waals surface area contributed by atoms with E-state index in [0.717, 1.165) is 22.6 Å².